The highest BCUT2D eigenvalue weighted by Crippen LogP contribution is 2.25. The minimum Gasteiger partial charge on any atom is -0.330 e. The molecule has 0 aliphatic rings. The van der Waals surface area contributed by atoms with Crippen molar-refractivity contribution in [3.05, 3.63) is 40.1 Å². The molecule has 1 aromatic heterocycles. The molecule has 0 saturated heterocycles. The van der Waals surface area contributed by atoms with Gasteiger partial charge in [0, 0.05) is 5.38 Å². The third kappa shape index (κ3) is 2.30. The average molecular weight is 254 g/mol. The van der Waals surface area contributed by atoms with Gasteiger partial charge in [-0.15, -0.1) is 11.3 Å². The van der Waals surface area contributed by atoms with Crippen LogP contribution < -0.4 is 5.32 Å². The largest absolute Gasteiger partial charge is 0.330 e. The second-order valence-electron chi connectivity index (χ2n) is 2.90. The van der Waals surface area contributed by atoms with Gasteiger partial charge in [-0.05, 0) is 18.2 Å². The number of rotatable bonds is 2. The molecule has 0 atom stereocenters. The Morgan fingerprint density at radius 2 is 2.31 bits per heavy atom. The molecule has 0 spiro atoms. The van der Waals surface area contributed by atoms with E-state index in [1.54, 1.807) is 5.38 Å². The zero-order chi connectivity index (χ0) is 11.5. The van der Waals surface area contributed by atoms with Crippen molar-refractivity contribution >= 4 is 33.8 Å². The van der Waals surface area contributed by atoms with E-state index in [2.05, 4.69) is 10.3 Å². The molecule has 0 unspecified atom stereocenters. The van der Waals surface area contributed by atoms with Crippen LogP contribution in [0.1, 0.15) is 5.56 Å². The van der Waals surface area contributed by atoms with Crippen molar-refractivity contribution < 1.29 is 4.39 Å². The molecule has 1 heterocycles. The first-order valence-electron chi connectivity index (χ1n) is 4.27. The van der Waals surface area contributed by atoms with Gasteiger partial charge in [-0.3, -0.25) is 0 Å². The molecular weight excluding hydrogens is 249 g/mol. The Kier molecular flexibility index (Phi) is 3.04. The summed E-state index contributed by atoms with van der Waals surface area (Å²) < 4.78 is 12.9. The minimum absolute atomic E-state index is 0.228. The van der Waals surface area contributed by atoms with E-state index in [1.165, 1.54) is 23.5 Å². The van der Waals surface area contributed by atoms with Gasteiger partial charge < -0.3 is 5.32 Å². The number of halogens is 2. The summed E-state index contributed by atoms with van der Waals surface area (Å²) in [5, 5.41) is 14.3. The van der Waals surface area contributed by atoms with Gasteiger partial charge in [-0.2, -0.15) is 5.26 Å². The van der Waals surface area contributed by atoms with E-state index >= 15 is 0 Å². The van der Waals surface area contributed by atoms with E-state index in [0.29, 0.717) is 16.0 Å². The van der Waals surface area contributed by atoms with Crippen LogP contribution >= 0.6 is 22.9 Å². The first-order chi connectivity index (χ1) is 7.69. The molecule has 6 heteroatoms. The number of benzene rings is 1. The molecule has 0 aliphatic carbocycles. The third-order valence-electron chi connectivity index (χ3n) is 1.82. The van der Waals surface area contributed by atoms with E-state index in [4.69, 9.17) is 16.9 Å². The summed E-state index contributed by atoms with van der Waals surface area (Å²) in [4.78, 5) is 3.97. The summed E-state index contributed by atoms with van der Waals surface area (Å²) in [6.45, 7) is 0. The van der Waals surface area contributed by atoms with Crippen molar-refractivity contribution in [1.29, 1.82) is 5.26 Å². The normalized spacial score (nSPS) is 9.81. The lowest BCUT2D eigenvalue weighted by Crippen LogP contribution is -1.93. The van der Waals surface area contributed by atoms with Gasteiger partial charge >= 0.3 is 0 Å². The van der Waals surface area contributed by atoms with E-state index in [-0.39, 0.29) is 5.56 Å². The van der Waals surface area contributed by atoms with Gasteiger partial charge in [0.25, 0.3) is 0 Å². The van der Waals surface area contributed by atoms with E-state index < -0.39 is 5.82 Å². The van der Waals surface area contributed by atoms with Gasteiger partial charge in [0.2, 0.25) is 0 Å². The molecule has 80 valence electrons. The minimum atomic E-state index is -0.445. The van der Waals surface area contributed by atoms with Gasteiger partial charge in [-0.1, -0.05) is 11.6 Å². The molecule has 3 nitrogen and oxygen atoms in total. The van der Waals surface area contributed by atoms with Crippen molar-refractivity contribution in [3.8, 4) is 6.07 Å². The Morgan fingerprint density at radius 3 is 2.94 bits per heavy atom. The molecule has 1 aromatic carbocycles. The fourth-order valence-electron chi connectivity index (χ4n) is 1.14. The number of aromatic nitrogens is 1. The zero-order valence-corrected chi connectivity index (χ0v) is 9.44. The van der Waals surface area contributed by atoms with Gasteiger partial charge in [0.05, 0.1) is 11.3 Å². The maximum Gasteiger partial charge on any atom is 0.188 e. The maximum absolute atomic E-state index is 12.9. The Bertz CT molecular complexity index is 561. The Morgan fingerprint density at radius 1 is 1.50 bits per heavy atom. The van der Waals surface area contributed by atoms with Crippen LogP contribution in [0, 0.1) is 17.1 Å². The quantitative estimate of drug-likeness (QED) is 0.890. The monoisotopic (exact) mass is 253 g/mol. The highest BCUT2D eigenvalue weighted by molar-refractivity contribution is 7.14. The molecule has 0 radical (unpaired) electrons. The number of nitrogens with one attached hydrogen (secondary N) is 1. The number of nitrogens with zero attached hydrogens (tertiary/aromatic N) is 2. The average Bonchev–Trinajstić information content (AvgIpc) is 2.67. The Labute approximate surface area is 100 Å². The van der Waals surface area contributed by atoms with Crippen LogP contribution in [0.3, 0.4) is 0 Å². The van der Waals surface area contributed by atoms with E-state index in [0.717, 1.165) is 6.07 Å². The predicted molar refractivity (Wildman–Crippen MR) is 61.5 cm³/mol. The topological polar surface area (TPSA) is 48.7 Å². The second kappa shape index (κ2) is 4.47. The summed E-state index contributed by atoms with van der Waals surface area (Å²) >= 11 is 6.97. The molecule has 0 saturated carbocycles. The smallest absolute Gasteiger partial charge is 0.188 e. The molecule has 0 amide bonds. The van der Waals surface area contributed by atoms with Crippen molar-refractivity contribution in [1.82, 2.24) is 4.98 Å². The van der Waals surface area contributed by atoms with Crippen molar-refractivity contribution in [3.63, 3.8) is 0 Å². The lowest BCUT2D eigenvalue weighted by Gasteiger charge is -2.04. The third-order valence-corrected chi connectivity index (χ3v) is 2.90. The summed E-state index contributed by atoms with van der Waals surface area (Å²) in [6, 6.07) is 5.83. The number of anilines is 2. The van der Waals surface area contributed by atoms with Crippen LogP contribution in [0.5, 0.6) is 0 Å². The number of hydrogen-bond acceptors (Lipinski definition) is 4. The lowest BCUT2D eigenvalue weighted by molar-refractivity contribution is 0.627. The van der Waals surface area contributed by atoms with Gasteiger partial charge in [0.1, 0.15) is 17.0 Å². The van der Waals surface area contributed by atoms with Crippen molar-refractivity contribution in [2.75, 3.05) is 5.32 Å². The molecular formula is C10H5ClFN3S. The van der Waals surface area contributed by atoms with Crippen LogP contribution in [0.4, 0.5) is 15.2 Å². The van der Waals surface area contributed by atoms with Crippen molar-refractivity contribution in [2.45, 2.75) is 0 Å². The van der Waals surface area contributed by atoms with Crippen molar-refractivity contribution in [2.24, 2.45) is 0 Å². The molecule has 1 N–H and O–H groups in total. The van der Waals surface area contributed by atoms with E-state index in [9.17, 15) is 4.39 Å². The number of nitriles is 1. The lowest BCUT2D eigenvalue weighted by atomic mass is 10.2. The molecule has 2 rings (SSSR count). The van der Waals surface area contributed by atoms with E-state index in [1.807, 2.05) is 6.07 Å². The van der Waals surface area contributed by atoms with Crippen LogP contribution in [0.2, 0.25) is 5.15 Å². The number of thiazole rings is 1. The summed E-state index contributed by atoms with van der Waals surface area (Å²) in [7, 11) is 0. The zero-order valence-electron chi connectivity index (χ0n) is 7.87. The van der Waals surface area contributed by atoms with Crippen LogP contribution in [0.25, 0.3) is 0 Å². The summed E-state index contributed by atoms with van der Waals surface area (Å²) in [5.74, 6) is -0.445. The standard InChI is InChI=1S/C10H5ClFN3S/c11-9-5-16-10(15-9)14-8-2-1-7(12)3-6(8)4-13/h1-3,5H,(H,14,15). The molecule has 0 aliphatic heterocycles. The number of hydrogen-bond donors (Lipinski definition) is 1. The molecule has 2 aromatic rings. The Hall–Kier alpha value is -1.64. The van der Waals surface area contributed by atoms with Gasteiger partial charge in [0.15, 0.2) is 5.13 Å². The summed E-state index contributed by atoms with van der Waals surface area (Å²) in [5.41, 5.74) is 0.737. The SMILES string of the molecule is N#Cc1cc(F)ccc1Nc1nc(Cl)cs1. The fraction of sp³-hybridized carbons (Fsp3) is 0. The Balaban J connectivity index is 2.31. The molecule has 0 bridgehead atoms. The first-order valence-corrected chi connectivity index (χ1v) is 5.52. The second-order valence-corrected chi connectivity index (χ2v) is 4.15. The molecule has 16 heavy (non-hydrogen) atoms. The van der Waals surface area contributed by atoms with Crippen LogP contribution in [0.15, 0.2) is 23.6 Å². The summed E-state index contributed by atoms with van der Waals surface area (Å²) in [6.07, 6.45) is 0. The fourth-order valence-corrected chi connectivity index (χ4v) is 1.99. The first kappa shape index (κ1) is 10.9. The van der Waals surface area contributed by atoms with Gasteiger partial charge in [-0.25, -0.2) is 9.37 Å². The highest BCUT2D eigenvalue weighted by atomic mass is 35.5. The maximum atomic E-state index is 12.9. The predicted octanol–water partition coefficient (Wildman–Crippen LogP) is 3.55. The highest BCUT2D eigenvalue weighted by Gasteiger charge is 2.06. The molecule has 0 fully saturated rings. The van der Waals surface area contributed by atoms with Crippen LogP contribution in [-0.4, -0.2) is 4.98 Å². The van der Waals surface area contributed by atoms with Crippen LogP contribution in [-0.2, 0) is 0 Å².